The van der Waals surface area contributed by atoms with E-state index in [1.54, 1.807) is 16.9 Å². The lowest BCUT2D eigenvalue weighted by Crippen LogP contribution is -2.14. The van der Waals surface area contributed by atoms with E-state index in [1.807, 2.05) is 6.92 Å². The van der Waals surface area contributed by atoms with Gasteiger partial charge in [0.05, 0.1) is 19.0 Å². The normalized spacial score (nSPS) is 11.3. The first-order valence-corrected chi connectivity index (χ1v) is 7.43. The Kier molecular flexibility index (Phi) is 3.84. The second-order valence-electron chi connectivity index (χ2n) is 4.10. The lowest BCUT2D eigenvalue weighted by molar-refractivity contribution is 0.403. The Labute approximate surface area is 117 Å². The highest BCUT2D eigenvalue weighted by Gasteiger charge is 2.20. The highest BCUT2D eigenvalue weighted by atomic mass is 32.2. The van der Waals surface area contributed by atoms with Crippen LogP contribution in [0.25, 0.3) is 0 Å². The minimum Gasteiger partial charge on any atom is -0.495 e. The first kappa shape index (κ1) is 14.2. The van der Waals surface area contributed by atoms with Crippen LogP contribution in [-0.4, -0.2) is 25.3 Å². The summed E-state index contributed by atoms with van der Waals surface area (Å²) in [4.78, 5) is -0.00996. The Morgan fingerprint density at radius 1 is 1.45 bits per heavy atom. The molecular weight excluding hydrogens is 280 g/mol. The highest BCUT2D eigenvalue weighted by molar-refractivity contribution is 7.92. The van der Waals surface area contributed by atoms with Crippen LogP contribution in [0.2, 0.25) is 0 Å². The van der Waals surface area contributed by atoms with Crippen molar-refractivity contribution in [3.63, 3.8) is 0 Å². The zero-order valence-electron chi connectivity index (χ0n) is 11.2. The third-order valence-corrected chi connectivity index (χ3v) is 4.09. The molecule has 1 aromatic heterocycles. The molecule has 0 atom stereocenters. The number of sulfonamides is 1. The van der Waals surface area contributed by atoms with Gasteiger partial charge in [-0.15, -0.1) is 0 Å². The van der Waals surface area contributed by atoms with E-state index in [0.29, 0.717) is 17.9 Å². The van der Waals surface area contributed by atoms with E-state index >= 15 is 0 Å². The number of rotatable bonds is 5. The van der Waals surface area contributed by atoms with Crippen molar-refractivity contribution in [2.24, 2.45) is 0 Å². The van der Waals surface area contributed by atoms with Crippen molar-refractivity contribution in [3.8, 4) is 5.75 Å². The van der Waals surface area contributed by atoms with Crippen LogP contribution in [0, 0.1) is 0 Å². The number of nitrogen functional groups attached to an aromatic ring is 1. The summed E-state index contributed by atoms with van der Waals surface area (Å²) in [5.41, 5.74) is 6.36. The van der Waals surface area contributed by atoms with Crippen molar-refractivity contribution < 1.29 is 13.2 Å². The second-order valence-corrected chi connectivity index (χ2v) is 5.75. The molecule has 1 aromatic carbocycles. The number of aromatic nitrogens is 2. The number of hydrogen-bond acceptors (Lipinski definition) is 5. The standard InChI is InChI=1S/C12H16N4O3S/c1-3-16-8-10(7-14-16)15-20(17,18)12-6-9(13)4-5-11(12)19-2/h4-8,15H,3,13H2,1-2H3. The highest BCUT2D eigenvalue weighted by Crippen LogP contribution is 2.27. The van der Waals surface area contributed by atoms with Gasteiger partial charge >= 0.3 is 0 Å². The van der Waals surface area contributed by atoms with Gasteiger partial charge in [0, 0.05) is 18.4 Å². The van der Waals surface area contributed by atoms with E-state index in [4.69, 9.17) is 10.5 Å². The summed E-state index contributed by atoms with van der Waals surface area (Å²) in [5.74, 6) is 0.231. The SMILES string of the molecule is CCn1cc(NS(=O)(=O)c2cc(N)ccc2OC)cn1. The van der Waals surface area contributed by atoms with Gasteiger partial charge in [-0.2, -0.15) is 5.10 Å². The molecule has 0 aliphatic carbocycles. The fourth-order valence-electron chi connectivity index (χ4n) is 1.70. The molecule has 3 N–H and O–H groups in total. The van der Waals surface area contributed by atoms with Crippen molar-refractivity contribution in [1.29, 1.82) is 0 Å². The van der Waals surface area contributed by atoms with E-state index in [0.717, 1.165) is 0 Å². The average Bonchev–Trinajstić information content (AvgIpc) is 2.85. The van der Waals surface area contributed by atoms with Crippen LogP contribution in [0.5, 0.6) is 5.75 Å². The van der Waals surface area contributed by atoms with Crippen molar-refractivity contribution in [1.82, 2.24) is 9.78 Å². The minimum absolute atomic E-state index is 0.00996. The predicted octanol–water partition coefficient (Wildman–Crippen LogP) is 1.29. The van der Waals surface area contributed by atoms with Crippen molar-refractivity contribution >= 4 is 21.4 Å². The number of nitrogens with two attached hydrogens (primary N) is 1. The summed E-state index contributed by atoms with van der Waals surface area (Å²) in [6.45, 7) is 2.57. The maximum absolute atomic E-state index is 12.3. The molecule has 7 nitrogen and oxygen atoms in total. The summed E-state index contributed by atoms with van der Waals surface area (Å²) >= 11 is 0. The molecule has 0 saturated carbocycles. The quantitative estimate of drug-likeness (QED) is 0.810. The molecule has 0 bridgehead atoms. The Bertz CT molecular complexity index is 709. The molecule has 0 unspecified atom stereocenters. The van der Waals surface area contributed by atoms with Crippen LogP contribution >= 0.6 is 0 Å². The van der Waals surface area contributed by atoms with Gasteiger partial charge in [-0.25, -0.2) is 8.42 Å². The number of nitrogens with zero attached hydrogens (tertiary/aromatic N) is 2. The number of anilines is 2. The fraction of sp³-hybridized carbons (Fsp3) is 0.250. The number of ether oxygens (including phenoxy) is 1. The largest absolute Gasteiger partial charge is 0.495 e. The van der Waals surface area contributed by atoms with Gasteiger partial charge in [-0.3, -0.25) is 9.40 Å². The molecule has 2 aromatic rings. The predicted molar refractivity (Wildman–Crippen MR) is 76.1 cm³/mol. The van der Waals surface area contributed by atoms with E-state index < -0.39 is 10.0 Å². The van der Waals surface area contributed by atoms with Crippen LogP contribution in [0.4, 0.5) is 11.4 Å². The third kappa shape index (κ3) is 2.85. The van der Waals surface area contributed by atoms with Crippen LogP contribution in [0.15, 0.2) is 35.5 Å². The maximum Gasteiger partial charge on any atom is 0.265 e. The lowest BCUT2D eigenvalue weighted by Gasteiger charge is -2.11. The number of benzene rings is 1. The monoisotopic (exact) mass is 296 g/mol. The molecule has 0 spiro atoms. The zero-order valence-corrected chi connectivity index (χ0v) is 12.0. The van der Waals surface area contributed by atoms with Gasteiger partial charge in [0.1, 0.15) is 10.6 Å². The Morgan fingerprint density at radius 3 is 2.80 bits per heavy atom. The maximum atomic E-state index is 12.3. The summed E-state index contributed by atoms with van der Waals surface area (Å²) < 4.78 is 33.8. The molecule has 0 saturated heterocycles. The topological polar surface area (TPSA) is 99.2 Å². The van der Waals surface area contributed by atoms with Crippen LogP contribution in [0.3, 0.4) is 0 Å². The molecule has 0 fully saturated rings. The molecule has 0 aliphatic heterocycles. The minimum atomic E-state index is -3.78. The van der Waals surface area contributed by atoms with Crippen molar-refractivity contribution in [3.05, 3.63) is 30.6 Å². The second kappa shape index (κ2) is 5.41. The van der Waals surface area contributed by atoms with Crippen molar-refractivity contribution in [2.75, 3.05) is 17.6 Å². The molecule has 0 amide bonds. The van der Waals surface area contributed by atoms with Gasteiger partial charge in [-0.05, 0) is 25.1 Å². The average molecular weight is 296 g/mol. The Hall–Kier alpha value is -2.22. The Balaban J connectivity index is 2.37. The zero-order chi connectivity index (χ0) is 14.8. The molecule has 2 rings (SSSR count). The first-order chi connectivity index (χ1) is 9.46. The summed E-state index contributed by atoms with van der Waals surface area (Å²) in [7, 11) is -2.38. The molecule has 0 radical (unpaired) electrons. The summed E-state index contributed by atoms with van der Waals surface area (Å²) in [5, 5.41) is 4.01. The van der Waals surface area contributed by atoms with Crippen LogP contribution in [0.1, 0.15) is 6.92 Å². The van der Waals surface area contributed by atoms with Gasteiger partial charge in [0.2, 0.25) is 0 Å². The molecular formula is C12H16N4O3S. The molecule has 20 heavy (non-hydrogen) atoms. The van der Waals surface area contributed by atoms with Gasteiger partial charge in [-0.1, -0.05) is 0 Å². The molecule has 108 valence electrons. The van der Waals surface area contributed by atoms with Crippen molar-refractivity contribution in [2.45, 2.75) is 18.4 Å². The number of hydrogen-bond donors (Lipinski definition) is 2. The molecule has 8 heteroatoms. The van der Waals surface area contributed by atoms with E-state index in [9.17, 15) is 8.42 Å². The van der Waals surface area contributed by atoms with Gasteiger partial charge in [0.15, 0.2) is 0 Å². The summed E-state index contributed by atoms with van der Waals surface area (Å²) in [6, 6.07) is 4.44. The van der Waals surface area contributed by atoms with Gasteiger partial charge in [0.25, 0.3) is 10.0 Å². The molecule has 0 aliphatic rings. The number of nitrogens with one attached hydrogen (secondary N) is 1. The van der Waals surface area contributed by atoms with E-state index in [2.05, 4.69) is 9.82 Å². The third-order valence-electron chi connectivity index (χ3n) is 2.69. The van der Waals surface area contributed by atoms with E-state index in [1.165, 1.54) is 25.4 Å². The number of aryl methyl sites for hydroxylation is 1. The summed E-state index contributed by atoms with van der Waals surface area (Å²) in [6.07, 6.45) is 3.05. The Morgan fingerprint density at radius 2 is 2.20 bits per heavy atom. The van der Waals surface area contributed by atoms with E-state index in [-0.39, 0.29) is 10.6 Å². The number of methoxy groups -OCH3 is 1. The smallest absolute Gasteiger partial charge is 0.265 e. The first-order valence-electron chi connectivity index (χ1n) is 5.95. The van der Waals surface area contributed by atoms with Gasteiger partial charge < -0.3 is 10.5 Å². The van der Waals surface area contributed by atoms with Crippen LogP contribution < -0.4 is 15.2 Å². The van der Waals surface area contributed by atoms with Crippen LogP contribution in [-0.2, 0) is 16.6 Å². The lowest BCUT2D eigenvalue weighted by atomic mass is 10.3. The fourth-order valence-corrected chi connectivity index (χ4v) is 2.94. The molecule has 1 heterocycles.